The molecule has 0 fully saturated rings. The van der Waals surface area contributed by atoms with Crippen molar-refractivity contribution in [3.63, 3.8) is 0 Å². The third-order valence-corrected chi connectivity index (χ3v) is 4.62. The Morgan fingerprint density at radius 2 is 1.90 bits per heavy atom. The van der Waals surface area contributed by atoms with Gasteiger partial charge >= 0.3 is 0 Å². The molecule has 0 atom stereocenters. The molecular weight excluding hydrogens is 381 g/mol. The maximum atomic E-state index is 12.3. The number of halogens is 1. The fraction of sp³-hybridized carbons (Fsp3) is 0.0625. The summed E-state index contributed by atoms with van der Waals surface area (Å²) in [7, 11) is 0. The first-order valence-corrected chi connectivity index (χ1v) is 8.17. The molecule has 0 aromatic heterocycles. The Morgan fingerprint density at radius 3 is 2.65 bits per heavy atom. The van der Waals surface area contributed by atoms with Gasteiger partial charge in [0.25, 0.3) is 5.91 Å². The molecule has 1 N–H and O–H groups in total. The van der Waals surface area contributed by atoms with E-state index < -0.39 is 0 Å². The van der Waals surface area contributed by atoms with Crippen LogP contribution >= 0.6 is 34.4 Å². The topological polar surface area (TPSA) is 29.1 Å². The van der Waals surface area contributed by atoms with Crippen LogP contribution in [0.25, 0.3) is 0 Å². The molecule has 0 saturated carbocycles. The molecule has 2 aromatic rings. The molecule has 4 heteroatoms. The van der Waals surface area contributed by atoms with Gasteiger partial charge in [0.15, 0.2) is 0 Å². The van der Waals surface area contributed by atoms with E-state index in [-0.39, 0.29) is 5.91 Å². The molecule has 0 aliphatic rings. The van der Waals surface area contributed by atoms with E-state index >= 15 is 0 Å². The van der Waals surface area contributed by atoms with Gasteiger partial charge in [0.05, 0.1) is 11.3 Å². The molecule has 2 rings (SSSR count). The SMILES string of the molecule is C=CCSc1ccccc1NC(=O)c1ccccc1I. The van der Waals surface area contributed by atoms with Crippen LogP contribution in [-0.2, 0) is 0 Å². The molecule has 0 saturated heterocycles. The Kier molecular flexibility index (Phi) is 5.67. The van der Waals surface area contributed by atoms with Crippen molar-refractivity contribution in [1.82, 2.24) is 0 Å². The maximum absolute atomic E-state index is 12.3. The number of rotatable bonds is 5. The highest BCUT2D eigenvalue weighted by Crippen LogP contribution is 2.27. The molecule has 0 aliphatic carbocycles. The summed E-state index contributed by atoms with van der Waals surface area (Å²) in [4.78, 5) is 13.4. The fourth-order valence-electron chi connectivity index (χ4n) is 1.68. The highest BCUT2D eigenvalue weighted by molar-refractivity contribution is 14.1. The van der Waals surface area contributed by atoms with Crippen LogP contribution in [0.5, 0.6) is 0 Å². The van der Waals surface area contributed by atoms with Crippen molar-refractivity contribution >= 4 is 45.9 Å². The highest BCUT2D eigenvalue weighted by atomic mass is 127. The molecule has 0 aliphatic heterocycles. The van der Waals surface area contributed by atoms with Crippen molar-refractivity contribution < 1.29 is 4.79 Å². The first-order valence-electron chi connectivity index (χ1n) is 6.11. The van der Waals surface area contributed by atoms with Gasteiger partial charge < -0.3 is 5.32 Å². The molecule has 102 valence electrons. The Morgan fingerprint density at radius 1 is 1.20 bits per heavy atom. The fourth-order valence-corrected chi connectivity index (χ4v) is 3.06. The number of carbonyl (C=O) groups excluding carboxylic acids is 1. The average Bonchev–Trinajstić information content (AvgIpc) is 2.46. The quantitative estimate of drug-likeness (QED) is 0.447. The van der Waals surface area contributed by atoms with Crippen molar-refractivity contribution in [3.05, 3.63) is 70.3 Å². The summed E-state index contributed by atoms with van der Waals surface area (Å²) >= 11 is 3.82. The standard InChI is InChI=1S/C16H14INOS/c1-2-11-20-15-10-6-5-9-14(15)18-16(19)12-7-3-4-8-13(12)17/h2-10H,1,11H2,(H,18,19). The zero-order chi connectivity index (χ0) is 14.4. The second-order valence-electron chi connectivity index (χ2n) is 4.03. The zero-order valence-corrected chi connectivity index (χ0v) is 13.8. The van der Waals surface area contributed by atoms with Crippen LogP contribution in [0.4, 0.5) is 5.69 Å². The Labute approximate surface area is 136 Å². The largest absolute Gasteiger partial charge is 0.321 e. The van der Waals surface area contributed by atoms with Crippen molar-refractivity contribution in [2.75, 3.05) is 11.1 Å². The number of nitrogens with one attached hydrogen (secondary N) is 1. The molecule has 20 heavy (non-hydrogen) atoms. The molecule has 0 bridgehead atoms. The van der Waals surface area contributed by atoms with Gasteiger partial charge in [0.2, 0.25) is 0 Å². The van der Waals surface area contributed by atoms with Gasteiger partial charge in [-0.05, 0) is 46.9 Å². The summed E-state index contributed by atoms with van der Waals surface area (Å²) in [5.41, 5.74) is 1.53. The molecule has 0 spiro atoms. The predicted octanol–water partition coefficient (Wildman–Crippen LogP) is 4.82. The van der Waals surface area contributed by atoms with E-state index in [2.05, 4.69) is 34.5 Å². The number of thioether (sulfide) groups is 1. The molecule has 2 nitrogen and oxygen atoms in total. The van der Waals surface area contributed by atoms with Crippen LogP contribution in [0.2, 0.25) is 0 Å². The molecule has 0 radical (unpaired) electrons. The van der Waals surface area contributed by atoms with E-state index in [9.17, 15) is 4.79 Å². The lowest BCUT2D eigenvalue weighted by Gasteiger charge is -2.10. The summed E-state index contributed by atoms with van der Waals surface area (Å²) in [5, 5.41) is 2.98. The number of hydrogen-bond acceptors (Lipinski definition) is 2. The average molecular weight is 395 g/mol. The van der Waals surface area contributed by atoms with E-state index in [4.69, 9.17) is 0 Å². The van der Waals surface area contributed by atoms with Crippen LogP contribution in [0.3, 0.4) is 0 Å². The van der Waals surface area contributed by atoms with Crippen LogP contribution in [0, 0.1) is 3.57 Å². The predicted molar refractivity (Wildman–Crippen MR) is 94.5 cm³/mol. The molecule has 2 aromatic carbocycles. The Bertz CT molecular complexity index is 627. The van der Waals surface area contributed by atoms with Crippen molar-refractivity contribution in [3.8, 4) is 0 Å². The zero-order valence-electron chi connectivity index (χ0n) is 10.8. The van der Waals surface area contributed by atoms with Gasteiger partial charge in [-0.15, -0.1) is 18.3 Å². The molecule has 0 heterocycles. The second kappa shape index (κ2) is 7.50. The summed E-state index contributed by atoms with van der Waals surface area (Å²) in [6.45, 7) is 3.72. The number of carbonyl (C=O) groups is 1. The van der Waals surface area contributed by atoms with Gasteiger partial charge in [0, 0.05) is 14.2 Å². The van der Waals surface area contributed by atoms with Crippen LogP contribution in [0.15, 0.2) is 66.1 Å². The van der Waals surface area contributed by atoms with Crippen molar-refractivity contribution in [2.45, 2.75) is 4.90 Å². The normalized spacial score (nSPS) is 10.1. The number of hydrogen-bond donors (Lipinski definition) is 1. The first kappa shape index (κ1) is 15.1. The first-order chi connectivity index (χ1) is 9.72. The van der Waals surface area contributed by atoms with Gasteiger partial charge in [-0.2, -0.15) is 0 Å². The monoisotopic (exact) mass is 395 g/mol. The minimum absolute atomic E-state index is 0.0818. The Balaban J connectivity index is 2.20. The van der Waals surface area contributed by atoms with Gasteiger partial charge in [0.1, 0.15) is 0 Å². The van der Waals surface area contributed by atoms with E-state index in [0.29, 0.717) is 5.56 Å². The Hall–Kier alpha value is -1.27. The lowest BCUT2D eigenvalue weighted by atomic mass is 10.2. The van der Waals surface area contributed by atoms with E-state index in [0.717, 1.165) is 19.9 Å². The number of anilines is 1. The van der Waals surface area contributed by atoms with Crippen molar-refractivity contribution in [2.24, 2.45) is 0 Å². The van der Waals surface area contributed by atoms with Crippen LogP contribution in [0.1, 0.15) is 10.4 Å². The smallest absolute Gasteiger partial charge is 0.256 e. The lowest BCUT2D eigenvalue weighted by Crippen LogP contribution is -2.13. The molecule has 1 amide bonds. The minimum Gasteiger partial charge on any atom is -0.321 e. The summed E-state index contributed by atoms with van der Waals surface area (Å²) in [5.74, 6) is 0.733. The summed E-state index contributed by atoms with van der Waals surface area (Å²) in [6.07, 6.45) is 1.85. The number of amides is 1. The number of benzene rings is 2. The van der Waals surface area contributed by atoms with Gasteiger partial charge in [-0.1, -0.05) is 30.3 Å². The highest BCUT2D eigenvalue weighted by Gasteiger charge is 2.11. The number of para-hydroxylation sites is 1. The summed E-state index contributed by atoms with van der Waals surface area (Å²) in [6, 6.07) is 15.3. The third kappa shape index (κ3) is 3.86. The maximum Gasteiger partial charge on any atom is 0.256 e. The minimum atomic E-state index is -0.0818. The van der Waals surface area contributed by atoms with Gasteiger partial charge in [-0.3, -0.25) is 4.79 Å². The van der Waals surface area contributed by atoms with E-state index in [1.165, 1.54) is 0 Å². The van der Waals surface area contributed by atoms with Crippen molar-refractivity contribution in [1.29, 1.82) is 0 Å². The van der Waals surface area contributed by atoms with Crippen LogP contribution < -0.4 is 5.32 Å². The molecule has 0 unspecified atom stereocenters. The third-order valence-electron chi connectivity index (χ3n) is 2.61. The van der Waals surface area contributed by atoms with E-state index in [1.807, 2.05) is 54.6 Å². The molecular formula is C16H14INOS. The van der Waals surface area contributed by atoms with E-state index in [1.54, 1.807) is 11.8 Å². The van der Waals surface area contributed by atoms with Crippen LogP contribution in [-0.4, -0.2) is 11.7 Å². The lowest BCUT2D eigenvalue weighted by molar-refractivity contribution is 0.102. The van der Waals surface area contributed by atoms with Gasteiger partial charge in [-0.25, -0.2) is 0 Å². The second-order valence-corrected chi connectivity index (χ2v) is 6.25. The summed E-state index contributed by atoms with van der Waals surface area (Å²) < 4.78 is 0.943.